The van der Waals surface area contributed by atoms with Gasteiger partial charge in [0.2, 0.25) is 11.9 Å². The second kappa shape index (κ2) is 6.27. The lowest BCUT2D eigenvalue weighted by Gasteiger charge is -2.13. The van der Waals surface area contributed by atoms with Crippen LogP contribution in [0.4, 0.5) is 11.9 Å². The number of aromatic nitrogens is 4. The van der Waals surface area contributed by atoms with Gasteiger partial charge in [-0.2, -0.15) is 15.0 Å². The highest BCUT2D eigenvalue weighted by Crippen LogP contribution is 2.18. The highest BCUT2D eigenvalue weighted by molar-refractivity contribution is 5.57. The summed E-state index contributed by atoms with van der Waals surface area (Å²) in [5, 5.41) is 3.21. The van der Waals surface area contributed by atoms with Crippen LogP contribution in [-0.4, -0.2) is 40.6 Å². The third kappa shape index (κ3) is 3.40. The average molecular weight is 272 g/mol. The van der Waals surface area contributed by atoms with E-state index in [1.165, 1.54) is 0 Å². The molecule has 6 heteroatoms. The molecule has 6 nitrogen and oxygen atoms in total. The predicted octanol–water partition coefficient (Wildman–Crippen LogP) is 2.13. The monoisotopic (exact) mass is 272 g/mol. The lowest BCUT2D eigenvalue weighted by Crippen LogP contribution is -2.16. The third-order valence-corrected chi connectivity index (χ3v) is 2.69. The number of pyridine rings is 1. The molecule has 0 amide bonds. The van der Waals surface area contributed by atoms with Gasteiger partial charge in [0.15, 0.2) is 5.82 Å². The van der Waals surface area contributed by atoms with Gasteiger partial charge in [-0.25, -0.2) is 0 Å². The minimum absolute atomic E-state index is 0.599. The molecule has 0 unspecified atom stereocenters. The van der Waals surface area contributed by atoms with Gasteiger partial charge in [0.25, 0.3) is 0 Å². The molecule has 0 aliphatic carbocycles. The van der Waals surface area contributed by atoms with Gasteiger partial charge in [-0.1, -0.05) is 6.92 Å². The third-order valence-electron chi connectivity index (χ3n) is 2.69. The predicted molar refractivity (Wildman–Crippen MR) is 80.9 cm³/mol. The molecule has 0 radical (unpaired) electrons. The summed E-state index contributed by atoms with van der Waals surface area (Å²) >= 11 is 0. The van der Waals surface area contributed by atoms with Crippen LogP contribution in [0, 0.1) is 6.92 Å². The Kier molecular flexibility index (Phi) is 4.45. The summed E-state index contributed by atoms with van der Waals surface area (Å²) in [7, 11) is 3.83. The maximum Gasteiger partial charge on any atom is 0.230 e. The summed E-state index contributed by atoms with van der Waals surface area (Å²) in [5.74, 6) is 1.87. The van der Waals surface area contributed by atoms with Crippen molar-refractivity contribution in [1.29, 1.82) is 0 Å². The van der Waals surface area contributed by atoms with Crippen molar-refractivity contribution in [3.63, 3.8) is 0 Å². The lowest BCUT2D eigenvalue weighted by atomic mass is 10.2. The number of anilines is 2. The van der Waals surface area contributed by atoms with Crippen molar-refractivity contribution in [3.8, 4) is 11.4 Å². The Labute approximate surface area is 119 Å². The minimum Gasteiger partial charge on any atom is -0.354 e. The van der Waals surface area contributed by atoms with Gasteiger partial charge in [-0.3, -0.25) is 4.98 Å². The lowest BCUT2D eigenvalue weighted by molar-refractivity contribution is 0.919. The topological polar surface area (TPSA) is 66.8 Å². The SMILES string of the molecule is CCCNc1nc(-c2cncc(C)c2)nc(N(C)C)n1. The summed E-state index contributed by atoms with van der Waals surface area (Å²) in [6, 6.07) is 2.02. The first kappa shape index (κ1) is 14.2. The fraction of sp³-hybridized carbons (Fsp3) is 0.429. The van der Waals surface area contributed by atoms with E-state index >= 15 is 0 Å². The molecule has 0 aliphatic rings. The Morgan fingerprint density at radius 2 is 1.95 bits per heavy atom. The fourth-order valence-corrected chi connectivity index (χ4v) is 1.69. The zero-order valence-electron chi connectivity index (χ0n) is 12.4. The Bertz CT molecular complexity index is 582. The van der Waals surface area contributed by atoms with Crippen molar-refractivity contribution < 1.29 is 0 Å². The van der Waals surface area contributed by atoms with Crippen LogP contribution in [0.3, 0.4) is 0 Å². The summed E-state index contributed by atoms with van der Waals surface area (Å²) in [4.78, 5) is 19.4. The van der Waals surface area contributed by atoms with Crippen molar-refractivity contribution in [2.75, 3.05) is 30.9 Å². The first-order chi connectivity index (χ1) is 9.60. The van der Waals surface area contributed by atoms with E-state index in [1.54, 1.807) is 6.20 Å². The Morgan fingerprint density at radius 1 is 1.15 bits per heavy atom. The van der Waals surface area contributed by atoms with Crippen LogP contribution in [0.2, 0.25) is 0 Å². The molecular weight excluding hydrogens is 252 g/mol. The average Bonchev–Trinajstić information content (AvgIpc) is 2.44. The van der Waals surface area contributed by atoms with Crippen LogP contribution < -0.4 is 10.2 Å². The first-order valence-corrected chi connectivity index (χ1v) is 6.69. The normalized spacial score (nSPS) is 10.4. The van der Waals surface area contributed by atoms with Crippen LogP contribution in [0.5, 0.6) is 0 Å². The second-order valence-electron chi connectivity index (χ2n) is 4.85. The van der Waals surface area contributed by atoms with E-state index in [2.05, 4.69) is 32.2 Å². The number of nitrogens with zero attached hydrogens (tertiary/aromatic N) is 5. The standard InChI is InChI=1S/C14H20N6/c1-5-6-16-13-17-12(18-14(19-13)20(3)4)11-7-10(2)8-15-9-11/h7-9H,5-6H2,1-4H3,(H,16,17,18,19). The molecule has 2 aromatic rings. The summed E-state index contributed by atoms with van der Waals surface area (Å²) in [6.07, 6.45) is 4.60. The molecule has 106 valence electrons. The Hall–Kier alpha value is -2.24. The second-order valence-corrected chi connectivity index (χ2v) is 4.85. The van der Waals surface area contributed by atoms with E-state index in [-0.39, 0.29) is 0 Å². The van der Waals surface area contributed by atoms with Gasteiger partial charge < -0.3 is 10.2 Å². The molecule has 2 rings (SSSR count). The molecule has 0 saturated carbocycles. The molecule has 0 fully saturated rings. The number of rotatable bonds is 5. The number of hydrogen-bond donors (Lipinski definition) is 1. The van der Waals surface area contributed by atoms with Gasteiger partial charge in [0.05, 0.1) is 0 Å². The molecule has 20 heavy (non-hydrogen) atoms. The molecule has 0 bridgehead atoms. The number of hydrogen-bond acceptors (Lipinski definition) is 6. The molecule has 0 atom stereocenters. The van der Waals surface area contributed by atoms with Crippen LogP contribution in [0.1, 0.15) is 18.9 Å². The quantitative estimate of drug-likeness (QED) is 0.899. The van der Waals surface area contributed by atoms with Gasteiger partial charge in [-0.15, -0.1) is 0 Å². The molecule has 2 aromatic heterocycles. The van der Waals surface area contributed by atoms with Crippen LogP contribution in [0.15, 0.2) is 18.5 Å². The molecule has 2 heterocycles. The minimum atomic E-state index is 0.599. The molecule has 0 saturated heterocycles. The molecule has 1 N–H and O–H groups in total. The van der Waals surface area contributed by atoms with Gasteiger partial charge in [0.1, 0.15) is 0 Å². The van der Waals surface area contributed by atoms with Gasteiger partial charge in [0, 0.05) is 38.6 Å². The summed E-state index contributed by atoms with van der Waals surface area (Å²) < 4.78 is 0. The van der Waals surface area contributed by atoms with Crippen LogP contribution in [0.25, 0.3) is 11.4 Å². The highest BCUT2D eigenvalue weighted by Gasteiger charge is 2.10. The van der Waals surface area contributed by atoms with Crippen molar-refractivity contribution in [2.24, 2.45) is 0 Å². The maximum atomic E-state index is 4.48. The molecular formula is C14H20N6. The zero-order valence-corrected chi connectivity index (χ0v) is 12.4. The Morgan fingerprint density at radius 3 is 2.60 bits per heavy atom. The molecule has 0 aliphatic heterocycles. The summed E-state index contributed by atoms with van der Waals surface area (Å²) in [5.41, 5.74) is 1.98. The van der Waals surface area contributed by atoms with Gasteiger partial charge in [-0.05, 0) is 25.0 Å². The van der Waals surface area contributed by atoms with Crippen LogP contribution >= 0.6 is 0 Å². The zero-order chi connectivity index (χ0) is 14.5. The Balaban J connectivity index is 2.43. The van der Waals surface area contributed by atoms with E-state index < -0.39 is 0 Å². The van der Waals surface area contributed by atoms with E-state index in [0.29, 0.717) is 17.7 Å². The number of nitrogens with one attached hydrogen (secondary N) is 1. The first-order valence-electron chi connectivity index (χ1n) is 6.69. The van der Waals surface area contributed by atoms with E-state index in [9.17, 15) is 0 Å². The molecule has 0 spiro atoms. The fourth-order valence-electron chi connectivity index (χ4n) is 1.69. The van der Waals surface area contributed by atoms with Crippen molar-refractivity contribution >= 4 is 11.9 Å². The smallest absolute Gasteiger partial charge is 0.230 e. The summed E-state index contributed by atoms with van der Waals surface area (Å²) in [6.45, 7) is 4.94. The van der Waals surface area contributed by atoms with Gasteiger partial charge >= 0.3 is 0 Å². The van der Waals surface area contributed by atoms with Crippen LogP contribution in [-0.2, 0) is 0 Å². The van der Waals surface area contributed by atoms with E-state index in [0.717, 1.165) is 24.1 Å². The highest BCUT2D eigenvalue weighted by atomic mass is 15.3. The maximum absolute atomic E-state index is 4.48. The van der Waals surface area contributed by atoms with E-state index in [4.69, 9.17) is 0 Å². The van der Waals surface area contributed by atoms with E-state index in [1.807, 2.05) is 38.2 Å². The van der Waals surface area contributed by atoms with Crippen molar-refractivity contribution in [1.82, 2.24) is 19.9 Å². The molecule has 0 aromatic carbocycles. The van der Waals surface area contributed by atoms with Crippen molar-refractivity contribution in [3.05, 3.63) is 24.0 Å². The largest absolute Gasteiger partial charge is 0.354 e. The van der Waals surface area contributed by atoms with Crippen molar-refractivity contribution in [2.45, 2.75) is 20.3 Å². The number of aryl methyl sites for hydroxylation is 1.